The number of ether oxygens (including phenoxy) is 2. The second-order valence-electron chi connectivity index (χ2n) is 10.1. The van der Waals surface area contributed by atoms with Gasteiger partial charge in [0.1, 0.15) is 11.9 Å². The van der Waals surface area contributed by atoms with Gasteiger partial charge in [-0.15, -0.1) is 13.2 Å². The fraction of sp³-hybridized carbons (Fsp3) is 0.310. The van der Waals surface area contributed by atoms with Crippen LogP contribution < -0.4 is 19.1 Å². The van der Waals surface area contributed by atoms with Crippen LogP contribution in [0.25, 0.3) is 0 Å². The molecule has 0 spiro atoms. The molecule has 1 saturated carbocycles. The lowest BCUT2D eigenvalue weighted by molar-refractivity contribution is -0.274. The van der Waals surface area contributed by atoms with Crippen molar-refractivity contribution in [2.24, 2.45) is 10.3 Å². The third kappa shape index (κ3) is 5.48. The third-order valence-corrected chi connectivity index (χ3v) is 9.09. The maximum atomic E-state index is 14.3. The summed E-state index contributed by atoms with van der Waals surface area (Å²) >= 11 is 0. The van der Waals surface area contributed by atoms with E-state index >= 15 is 0 Å². The Morgan fingerprint density at radius 1 is 0.975 bits per heavy atom. The van der Waals surface area contributed by atoms with E-state index < -0.39 is 34.2 Å². The van der Waals surface area contributed by atoms with Gasteiger partial charge >= 0.3 is 6.36 Å². The molecule has 2 aliphatic carbocycles. The van der Waals surface area contributed by atoms with E-state index in [9.17, 15) is 22.5 Å². The quantitative estimate of drug-likeness (QED) is 0.331. The molecule has 7 nitrogen and oxygen atoms in total. The van der Waals surface area contributed by atoms with Gasteiger partial charge in [-0.05, 0) is 80.1 Å². The Labute approximate surface area is 230 Å². The minimum atomic E-state index is -4.83. The topological polar surface area (TPSA) is 83.4 Å². The van der Waals surface area contributed by atoms with Gasteiger partial charge in [-0.1, -0.05) is 30.3 Å². The summed E-state index contributed by atoms with van der Waals surface area (Å²) in [5, 5.41) is 11.7. The van der Waals surface area contributed by atoms with Crippen LogP contribution >= 0.6 is 0 Å². The minimum Gasteiger partial charge on any atom is -0.453 e. The van der Waals surface area contributed by atoms with E-state index in [1.807, 2.05) is 54.6 Å². The standard InChI is InChI=1S/C29H28F3N3O4S/c30-29(31,32)39-20-14-16-21(17-15-20)40(37,33-18-19-12-13-19)34-22-6-5-9-25(28(22)36)35-23-7-1-3-10-26(23)38-27-11-4-2-8-24(27)35/h1-4,6-8,10-11,14-17,19,25,28,36H,5,9,12-13,18H2,(H,33,34,37)/t25-,28-,40?/m0/s1. The van der Waals surface area contributed by atoms with Crippen molar-refractivity contribution in [3.63, 3.8) is 0 Å². The number of para-hydroxylation sites is 4. The predicted octanol–water partition coefficient (Wildman–Crippen LogP) is 6.68. The lowest BCUT2D eigenvalue weighted by Gasteiger charge is -2.42. The van der Waals surface area contributed by atoms with Crippen molar-refractivity contribution in [3.8, 4) is 17.2 Å². The Hall–Kier alpha value is -3.70. The highest BCUT2D eigenvalue weighted by atomic mass is 32.2. The van der Waals surface area contributed by atoms with E-state index in [1.165, 1.54) is 12.1 Å². The zero-order chi connectivity index (χ0) is 27.9. The van der Waals surface area contributed by atoms with Crippen molar-refractivity contribution >= 4 is 21.3 Å². The number of nitrogens with zero attached hydrogens (tertiary/aromatic N) is 2. The molecular weight excluding hydrogens is 543 g/mol. The summed E-state index contributed by atoms with van der Waals surface area (Å²) in [6, 6.07) is 19.6. The molecule has 0 amide bonds. The number of nitrogens with one attached hydrogen (secondary N) is 1. The molecule has 0 bridgehead atoms. The summed E-state index contributed by atoms with van der Waals surface area (Å²) in [6.45, 7) is 0.351. The zero-order valence-electron chi connectivity index (χ0n) is 21.4. The Kier molecular flexibility index (Phi) is 6.87. The average Bonchev–Trinajstić information content (AvgIpc) is 3.76. The molecule has 3 aromatic rings. The van der Waals surface area contributed by atoms with Gasteiger partial charge in [-0.25, -0.2) is 8.57 Å². The van der Waals surface area contributed by atoms with Crippen molar-refractivity contribution < 1.29 is 32.0 Å². The van der Waals surface area contributed by atoms with Crippen LogP contribution in [0.4, 0.5) is 24.5 Å². The molecule has 3 aliphatic rings. The van der Waals surface area contributed by atoms with Crippen LogP contribution in [0.3, 0.4) is 0 Å². The van der Waals surface area contributed by atoms with Crippen molar-refractivity contribution in [3.05, 3.63) is 84.6 Å². The van der Waals surface area contributed by atoms with E-state index in [1.54, 1.807) is 0 Å². The van der Waals surface area contributed by atoms with Gasteiger partial charge in [0, 0.05) is 0 Å². The highest BCUT2D eigenvalue weighted by Gasteiger charge is 2.38. The van der Waals surface area contributed by atoms with Gasteiger partial charge in [0.15, 0.2) is 21.4 Å². The third-order valence-electron chi connectivity index (χ3n) is 7.16. The van der Waals surface area contributed by atoms with E-state index in [-0.39, 0.29) is 4.90 Å². The molecule has 0 saturated heterocycles. The first-order valence-corrected chi connectivity index (χ1v) is 14.6. The zero-order valence-corrected chi connectivity index (χ0v) is 22.2. The first-order chi connectivity index (χ1) is 19.2. The summed E-state index contributed by atoms with van der Waals surface area (Å²) in [7, 11) is -3.32. The minimum absolute atomic E-state index is 0.208. The number of aliphatic hydroxyl groups excluding tert-OH is 1. The number of hydrogen-bond acceptors (Lipinski definition) is 6. The molecule has 40 heavy (non-hydrogen) atoms. The maximum Gasteiger partial charge on any atom is 0.573 e. The van der Waals surface area contributed by atoms with Gasteiger partial charge in [-0.2, -0.15) is 0 Å². The first-order valence-electron chi connectivity index (χ1n) is 13.1. The maximum absolute atomic E-state index is 14.3. The molecule has 1 fully saturated rings. The SMILES string of the molecule is O=S(=NCC1CC1)(NC1=CCC[C@H](N2c3ccccc3Oc3ccccc32)[C@H]1O)c1ccc(OC(F)(F)F)cc1. The van der Waals surface area contributed by atoms with Crippen LogP contribution in [0.2, 0.25) is 0 Å². The predicted molar refractivity (Wildman–Crippen MR) is 145 cm³/mol. The largest absolute Gasteiger partial charge is 0.573 e. The highest BCUT2D eigenvalue weighted by Crippen LogP contribution is 2.49. The van der Waals surface area contributed by atoms with Crippen LogP contribution in [0.1, 0.15) is 25.7 Å². The number of hydrogen-bond donors (Lipinski definition) is 2. The molecule has 6 rings (SSSR count). The first kappa shape index (κ1) is 26.5. The van der Waals surface area contributed by atoms with Gasteiger partial charge in [0.25, 0.3) is 0 Å². The molecule has 2 N–H and O–H groups in total. The van der Waals surface area contributed by atoms with Crippen LogP contribution in [0, 0.1) is 5.92 Å². The molecule has 1 heterocycles. The summed E-state index contributed by atoms with van der Waals surface area (Å²) in [5.41, 5.74) is 1.98. The summed E-state index contributed by atoms with van der Waals surface area (Å²) in [4.78, 5) is 2.26. The number of anilines is 2. The molecular formula is C29H28F3N3O4S. The number of rotatable bonds is 7. The Morgan fingerprint density at radius 3 is 2.20 bits per heavy atom. The molecule has 0 aromatic heterocycles. The molecule has 1 unspecified atom stereocenters. The lowest BCUT2D eigenvalue weighted by Crippen LogP contribution is -2.47. The highest BCUT2D eigenvalue weighted by molar-refractivity contribution is 7.91. The summed E-state index contributed by atoms with van der Waals surface area (Å²) < 4.78 is 69.9. The van der Waals surface area contributed by atoms with Gasteiger partial charge < -0.3 is 19.5 Å². The Bertz CT molecular complexity index is 1500. The van der Waals surface area contributed by atoms with Crippen molar-refractivity contribution in [2.45, 2.75) is 49.1 Å². The number of benzene rings is 3. The van der Waals surface area contributed by atoms with Gasteiger partial charge in [-0.3, -0.25) is 4.72 Å². The molecule has 210 valence electrons. The van der Waals surface area contributed by atoms with Crippen LogP contribution in [0.5, 0.6) is 17.2 Å². The van der Waals surface area contributed by atoms with Crippen molar-refractivity contribution in [2.75, 3.05) is 11.4 Å². The number of alkyl halides is 3. The number of allylic oxidation sites excluding steroid dienone is 1. The average molecular weight is 572 g/mol. The van der Waals surface area contributed by atoms with Crippen LogP contribution in [0.15, 0.2) is 93.8 Å². The monoisotopic (exact) mass is 571 g/mol. The van der Waals surface area contributed by atoms with Crippen LogP contribution in [-0.4, -0.2) is 34.4 Å². The van der Waals surface area contributed by atoms with E-state index in [0.29, 0.717) is 42.5 Å². The number of halogens is 3. The van der Waals surface area contributed by atoms with Crippen molar-refractivity contribution in [1.82, 2.24) is 4.72 Å². The molecule has 3 aromatic carbocycles. The van der Waals surface area contributed by atoms with E-state index in [0.717, 1.165) is 36.3 Å². The molecule has 3 atom stereocenters. The second kappa shape index (κ2) is 10.4. The van der Waals surface area contributed by atoms with Crippen LogP contribution in [-0.2, 0) is 9.92 Å². The Balaban J connectivity index is 1.31. The fourth-order valence-corrected chi connectivity index (χ4v) is 6.80. The van der Waals surface area contributed by atoms with Gasteiger partial charge in [0.2, 0.25) is 0 Å². The Morgan fingerprint density at radius 2 is 1.60 bits per heavy atom. The molecule has 1 aliphatic heterocycles. The number of aliphatic hydroxyl groups is 1. The molecule has 11 heteroatoms. The van der Waals surface area contributed by atoms with Crippen molar-refractivity contribution in [1.29, 1.82) is 0 Å². The summed E-state index contributed by atoms with van der Waals surface area (Å²) in [5.74, 6) is 1.25. The smallest absolute Gasteiger partial charge is 0.453 e. The van der Waals surface area contributed by atoms with Gasteiger partial charge in [0.05, 0.1) is 34.6 Å². The fourth-order valence-electron chi connectivity index (χ4n) is 5.02. The summed E-state index contributed by atoms with van der Waals surface area (Å²) in [6.07, 6.45) is -0.882. The number of fused-ring (bicyclic) bond motifs is 2. The second-order valence-corrected chi connectivity index (χ2v) is 12.0. The normalized spacial score (nSPS) is 21.7. The van der Waals surface area contributed by atoms with E-state index in [4.69, 9.17) is 4.74 Å². The molecule has 0 radical (unpaired) electrons. The lowest BCUT2D eigenvalue weighted by atomic mass is 9.93. The van der Waals surface area contributed by atoms with E-state index in [2.05, 4.69) is 18.7 Å².